The number of aliphatic carboxylic acids is 2. The van der Waals surface area contributed by atoms with Crippen molar-refractivity contribution in [2.75, 3.05) is 11.4 Å². The van der Waals surface area contributed by atoms with Crippen molar-refractivity contribution in [3.8, 4) is 0 Å². The van der Waals surface area contributed by atoms with Crippen LogP contribution in [0.5, 0.6) is 0 Å². The molecule has 0 spiro atoms. The van der Waals surface area contributed by atoms with E-state index in [4.69, 9.17) is 15.2 Å². The van der Waals surface area contributed by atoms with Crippen LogP contribution in [0, 0.1) is 5.82 Å². The van der Waals surface area contributed by atoms with Crippen molar-refractivity contribution in [3.63, 3.8) is 0 Å². The van der Waals surface area contributed by atoms with E-state index in [2.05, 4.69) is 20.3 Å². The number of rotatable bonds is 5. The lowest BCUT2D eigenvalue weighted by atomic mass is 9.94. The number of nitrogens with zero attached hydrogens (tertiary/aromatic N) is 5. The third-order valence-electron chi connectivity index (χ3n) is 7.05. The first-order valence-electron chi connectivity index (χ1n) is 13.1. The number of hydrogen-bond acceptors (Lipinski definition) is 9. The molecule has 1 amide bonds. The summed E-state index contributed by atoms with van der Waals surface area (Å²) in [6, 6.07) is 3.48. The molecule has 0 aliphatic carbocycles. The molecule has 1 saturated heterocycles. The van der Waals surface area contributed by atoms with Crippen LogP contribution < -0.4 is 10.2 Å². The van der Waals surface area contributed by atoms with Crippen LogP contribution in [0.1, 0.15) is 73.6 Å². The molecule has 3 atom stereocenters. The molecule has 5 rings (SSSR count). The highest BCUT2D eigenvalue weighted by Crippen LogP contribution is 2.37. The number of anilines is 1. The minimum atomic E-state index is -2.49. The van der Waals surface area contributed by atoms with Crippen LogP contribution >= 0.6 is 0 Å². The van der Waals surface area contributed by atoms with Crippen molar-refractivity contribution in [3.05, 3.63) is 53.4 Å². The van der Waals surface area contributed by atoms with Gasteiger partial charge in [-0.25, -0.2) is 18.7 Å². The van der Waals surface area contributed by atoms with E-state index in [-0.39, 0.29) is 23.8 Å². The largest absolute Gasteiger partial charge is 0.481 e. The van der Waals surface area contributed by atoms with Gasteiger partial charge in [-0.3, -0.25) is 19.4 Å². The summed E-state index contributed by atoms with van der Waals surface area (Å²) >= 11 is 0. The first kappa shape index (κ1) is 29.5. The molecule has 1 unspecified atom stereocenters. The average molecular weight is 571 g/mol. The number of aryl methyl sites for hydroxylation is 1. The van der Waals surface area contributed by atoms with Crippen LogP contribution in [0.3, 0.4) is 0 Å². The number of aromatic nitrogens is 4. The standard InChI is InChI=1S/C20H21FN6O.C7H10O6/c1-12-4-5-16-14(9-13(21)10-22-16)17-3-2-7-26(17)18-6-8-27-19(25-18)15(11-23-27)20(28)24-12;1-4(8)2-7(13,6(11)12)3-5(9)10/h6,8-12,17H,2-5,7H2,1H3,(H,24,28);13H,2-3H2,1H3,(H,9,10)(H,11,12)/t12-,17-;/m1./s1. The molecule has 2 bridgehead atoms. The van der Waals surface area contributed by atoms with Crippen molar-refractivity contribution in [1.82, 2.24) is 24.9 Å². The molecule has 2 aliphatic heterocycles. The average Bonchev–Trinajstić information content (AvgIpc) is 3.54. The minimum Gasteiger partial charge on any atom is -0.481 e. The van der Waals surface area contributed by atoms with E-state index in [0.29, 0.717) is 17.6 Å². The Morgan fingerprint density at radius 3 is 2.63 bits per heavy atom. The summed E-state index contributed by atoms with van der Waals surface area (Å²) in [4.78, 5) is 55.2. The summed E-state index contributed by atoms with van der Waals surface area (Å²) < 4.78 is 15.7. The normalized spacial score (nSPS) is 19.8. The number of carboxylic acid groups (broad SMARTS) is 2. The van der Waals surface area contributed by atoms with Crippen molar-refractivity contribution in [2.24, 2.45) is 0 Å². The Morgan fingerprint density at radius 1 is 1.20 bits per heavy atom. The van der Waals surface area contributed by atoms with Gasteiger partial charge in [-0.15, -0.1) is 0 Å². The highest BCUT2D eigenvalue weighted by molar-refractivity contribution is 6.00. The third-order valence-corrected chi connectivity index (χ3v) is 7.05. The predicted molar refractivity (Wildman–Crippen MR) is 142 cm³/mol. The van der Waals surface area contributed by atoms with Crippen molar-refractivity contribution in [2.45, 2.75) is 70.1 Å². The molecule has 4 N–H and O–H groups in total. The number of aliphatic hydroxyl groups is 1. The van der Waals surface area contributed by atoms with E-state index < -0.39 is 36.2 Å². The van der Waals surface area contributed by atoms with Crippen LogP contribution in [0.25, 0.3) is 5.65 Å². The highest BCUT2D eigenvalue weighted by Gasteiger charge is 2.39. The van der Waals surface area contributed by atoms with E-state index in [1.165, 1.54) is 6.20 Å². The number of nitrogens with one attached hydrogen (secondary N) is 1. The Morgan fingerprint density at radius 2 is 1.95 bits per heavy atom. The molecule has 3 aromatic heterocycles. The zero-order valence-corrected chi connectivity index (χ0v) is 22.6. The Labute approximate surface area is 234 Å². The molecule has 5 heterocycles. The lowest BCUT2D eigenvalue weighted by Crippen LogP contribution is -2.42. The summed E-state index contributed by atoms with van der Waals surface area (Å²) in [5.41, 5.74) is 0.320. The Bertz CT molecular complexity index is 1480. The van der Waals surface area contributed by atoms with Gasteiger partial charge in [0, 0.05) is 30.9 Å². The maximum atomic E-state index is 14.1. The maximum Gasteiger partial charge on any atom is 0.336 e. The van der Waals surface area contributed by atoms with E-state index >= 15 is 0 Å². The topological polar surface area (TPSA) is 187 Å². The Balaban J connectivity index is 0.000000254. The zero-order valence-electron chi connectivity index (χ0n) is 22.6. The summed E-state index contributed by atoms with van der Waals surface area (Å²) in [5.74, 6) is -3.48. The number of amides is 1. The predicted octanol–water partition coefficient (Wildman–Crippen LogP) is 1.93. The minimum absolute atomic E-state index is 0.0271. The number of hydrogen-bond donors (Lipinski definition) is 4. The zero-order chi connectivity index (χ0) is 29.9. The fourth-order valence-electron chi connectivity index (χ4n) is 5.13. The fraction of sp³-hybridized carbons (Fsp3) is 0.444. The molecule has 0 aromatic carbocycles. The van der Waals surface area contributed by atoms with Crippen LogP contribution in [0.15, 0.2) is 30.7 Å². The first-order valence-corrected chi connectivity index (χ1v) is 13.1. The number of carboxylic acids is 2. The summed E-state index contributed by atoms with van der Waals surface area (Å²) in [7, 11) is 0. The first-order chi connectivity index (χ1) is 19.4. The van der Waals surface area contributed by atoms with Crippen molar-refractivity contribution >= 4 is 35.1 Å². The van der Waals surface area contributed by atoms with Crippen molar-refractivity contribution < 1.29 is 38.9 Å². The summed E-state index contributed by atoms with van der Waals surface area (Å²) in [6.07, 6.45) is 6.28. The second-order valence-corrected chi connectivity index (χ2v) is 10.4. The van der Waals surface area contributed by atoms with Gasteiger partial charge in [0.15, 0.2) is 11.2 Å². The number of fused-ring (bicyclic) bond motifs is 5. The molecule has 1 fully saturated rings. The molecule has 0 radical (unpaired) electrons. The van der Waals surface area contributed by atoms with Gasteiger partial charge in [0.1, 0.15) is 23.0 Å². The molecule has 2 aliphatic rings. The lowest BCUT2D eigenvalue weighted by molar-refractivity contribution is -0.167. The SMILES string of the molecule is CC(=O)CC(O)(CC(=O)O)C(=O)O.C[C@@H]1CCc2ncc(F)cc2[C@H]2CCCN2c2ccn3ncc(c3n2)C(=O)N1. The van der Waals surface area contributed by atoms with E-state index in [1.54, 1.807) is 16.8 Å². The quantitative estimate of drug-likeness (QED) is 0.351. The van der Waals surface area contributed by atoms with Gasteiger partial charge < -0.3 is 25.5 Å². The number of Topliss-reactive ketones (excluding diaryl/α,β-unsaturated/α-hetero) is 1. The molecular formula is C27H31FN6O7. The van der Waals surface area contributed by atoms with Gasteiger partial charge in [0.2, 0.25) is 0 Å². The Kier molecular flexibility index (Phi) is 8.61. The van der Waals surface area contributed by atoms with Crippen LogP contribution in [0.2, 0.25) is 0 Å². The third kappa shape index (κ3) is 6.65. The van der Waals surface area contributed by atoms with E-state index in [1.807, 2.05) is 19.2 Å². The van der Waals surface area contributed by atoms with Gasteiger partial charge in [0.25, 0.3) is 5.91 Å². The molecule has 3 aromatic rings. The highest BCUT2D eigenvalue weighted by atomic mass is 19.1. The second-order valence-electron chi connectivity index (χ2n) is 10.4. The van der Waals surface area contributed by atoms with Crippen LogP contribution in [-0.2, 0) is 20.8 Å². The molecule has 14 heteroatoms. The lowest BCUT2D eigenvalue weighted by Gasteiger charge is -2.27. The summed E-state index contributed by atoms with van der Waals surface area (Å²) in [6.45, 7) is 3.87. The smallest absolute Gasteiger partial charge is 0.336 e. The molecular weight excluding hydrogens is 539 g/mol. The number of ketones is 1. The Hall–Kier alpha value is -4.46. The number of carbonyl (C=O) groups excluding carboxylic acids is 2. The molecule has 13 nitrogen and oxygen atoms in total. The monoisotopic (exact) mass is 570 g/mol. The van der Waals surface area contributed by atoms with Gasteiger partial charge in [-0.1, -0.05) is 0 Å². The van der Waals surface area contributed by atoms with Gasteiger partial charge in [-0.2, -0.15) is 5.10 Å². The summed E-state index contributed by atoms with van der Waals surface area (Å²) in [5, 5.41) is 33.2. The number of carbonyl (C=O) groups is 4. The fourth-order valence-corrected chi connectivity index (χ4v) is 5.13. The van der Waals surface area contributed by atoms with Crippen LogP contribution in [-0.4, -0.2) is 76.7 Å². The molecule has 41 heavy (non-hydrogen) atoms. The van der Waals surface area contributed by atoms with Crippen molar-refractivity contribution in [1.29, 1.82) is 0 Å². The second kappa shape index (κ2) is 12.0. The van der Waals surface area contributed by atoms with E-state index in [0.717, 1.165) is 49.8 Å². The van der Waals surface area contributed by atoms with Gasteiger partial charge in [0.05, 0.1) is 24.9 Å². The van der Waals surface area contributed by atoms with Gasteiger partial charge in [-0.05, 0) is 57.2 Å². The number of pyridine rings is 1. The molecule has 0 saturated carbocycles. The van der Waals surface area contributed by atoms with Gasteiger partial charge >= 0.3 is 11.9 Å². The van der Waals surface area contributed by atoms with E-state index in [9.17, 15) is 28.7 Å². The maximum absolute atomic E-state index is 14.1. The molecule has 218 valence electrons. The van der Waals surface area contributed by atoms with Crippen LogP contribution in [0.4, 0.5) is 10.2 Å². The number of halogens is 1.